The van der Waals surface area contributed by atoms with Gasteiger partial charge in [-0.25, -0.2) is 9.37 Å². The summed E-state index contributed by atoms with van der Waals surface area (Å²) in [5.41, 5.74) is 5.81. The van der Waals surface area contributed by atoms with E-state index in [0.717, 1.165) is 6.07 Å². The molecule has 0 radical (unpaired) electrons. The molecule has 78 valence electrons. The molecule has 0 aromatic carbocycles. The van der Waals surface area contributed by atoms with Crippen LogP contribution in [0.5, 0.6) is 0 Å². The van der Waals surface area contributed by atoms with E-state index in [1.165, 1.54) is 6.92 Å². The summed E-state index contributed by atoms with van der Waals surface area (Å²) in [6.45, 7) is 1.48. The molecule has 6 heteroatoms. The van der Waals surface area contributed by atoms with Crippen LogP contribution in [0.4, 0.5) is 4.39 Å². The Hall–Kier alpha value is -0.420. The molecule has 1 heterocycles. The number of hydrogen-bond donors (Lipinski definition) is 2. The molecule has 2 atom stereocenters. The average molecular weight is 239 g/mol. The van der Waals surface area contributed by atoms with E-state index < -0.39 is 18.0 Å². The summed E-state index contributed by atoms with van der Waals surface area (Å²) in [5, 5.41) is 8.89. The number of hydrogen-bond acceptors (Lipinski definition) is 3. The second-order valence-corrected chi connectivity index (χ2v) is 3.62. The summed E-state index contributed by atoms with van der Waals surface area (Å²) in [6, 6.07) is 0.302. The van der Waals surface area contributed by atoms with Crippen molar-refractivity contribution in [2.45, 2.75) is 19.1 Å². The third-order valence-electron chi connectivity index (χ3n) is 1.79. The molecule has 0 aliphatic heterocycles. The Morgan fingerprint density at radius 2 is 2.07 bits per heavy atom. The number of nitrogens with two attached hydrogens (primary N) is 1. The third kappa shape index (κ3) is 2.33. The maximum atomic E-state index is 13.0. The molecule has 0 spiro atoms. The van der Waals surface area contributed by atoms with Gasteiger partial charge in [0.2, 0.25) is 0 Å². The van der Waals surface area contributed by atoms with E-state index in [1.54, 1.807) is 0 Å². The number of aliphatic hydroxyl groups excluding tert-OH is 1. The van der Waals surface area contributed by atoms with Crippen LogP contribution < -0.4 is 5.73 Å². The van der Waals surface area contributed by atoms with E-state index in [4.69, 9.17) is 28.9 Å². The monoisotopic (exact) mass is 238 g/mol. The average Bonchev–Trinajstić information content (AvgIpc) is 2.10. The van der Waals surface area contributed by atoms with Crippen molar-refractivity contribution in [2.75, 3.05) is 0 Å². The molecule has 0 saturated heterocycles. The second-order valence-electron chi connectivity index (χ2n) is 2.91. The lowest BCUT2D eigenvalue weighted by molar-refractivity contribution is 0.164. The smallest absolute Gasteiger partial charge is 0.166 e. The fourth-order valence-electron chi connectivity index (χ4n) is 0.953. The fraction of sp³-hybridized carbons (Fsp3) is 0.375. The highest BCUT2D eigenvalue weighted by Gasteiger charge is 2.18. The number of nitrogens with zero attached hydrogens (tertiary/aromatic N) is 1. The topological polar surface area (TPSA) is 59.1 Å². The summed E-state index contributed by atoms with van der Waals surface area (Å²) in [5.74, 6) is -0.706. The molecule has 1 aromatic heterocycles. The zero-order chi connectivity index (χ0) is 10.9. The van der Waals surface area contributed by atoms with Crippen molar-refractivity contribution in [1.29, 1.82) is 0 Å². The Balaban J connectivity index is 3.15. The van der Waals surface area contributed by atoms with Gasteiger partial charge in [-0.3, -0.25) is 0 Å². The molecule has 0 bridgehead atoms. The third-order valence-corrected chi connectivity index (χ3v) is 2.36. The Morgan fingerprint density at radius 1 is 1.50 bits per heavy atom. The van der Waals surface area contributed by atoms with Gasteiger partial charge in [-0.2, -0.15) is 0 Å². The van der Waals surface area contributed by atoms with Gasteiger partial charge in [-0.05, 0) is 13.0 Å². The molecule has 0 aliphatic rings. The molecular weight excluding hydrogens is 230 g/mol. The minimum absolute atomic E-state index is 0.00444. The van der Waals surface area contributed by atoms with Crippen LogP contribution in [0.3, 0.4) is 0 Å². The van der Waals surface area contributed by atoms with Crippen LogP contribution in [0, 0.1) is 5.82 Å². The first-order valence-electron chi connectivity index (χ1n) is 3.88. The number of aliphatic hydroxyl groups is 1. The Kier molecular flexibility index (Phi) is 3.66. The Bertz CT molecular complexity index is 346. The molecule has 0 fully saturated rings. The quantitative estimate of drug-likeness (QED) is 0.775. The van der Waals surface area contributed by atoms with Crippen LogP contribution in [0.2, 0.25) is 10.3 Å². The molecule has 3 N–H and O–H groups in total. The highest BCUT2D eigenvalue weighted by Crippen LogP contribution is 2.25. The molecular formula is C8H9Cl2FN2O. The van der Waals surface area contributed by atoms with E-state index >= 15 is 0 Å². The summed E-state index contributed by atoms with van der Waals surface area (Å²) in [4.78, 5) is 3.54. The van der Waals surface area contributed by atoms with E-state index in [-0.39, 0.29) is 15.9 Å². The van der Waals surface area contributed by atoms with Gasteiger partial charge in [-0.1, -0.05) is 23.2 Å². The standard InChI is InChI=1S/C8H9Cl2FN2O/c1-3(14)6(12)4-2-5(11)8(10)13-7(4)9/h2-3,6,14H,12H2,1H3/t3-,6+/m0/s1. The largest absolute Gasteiger partial charge is 0.391 e. The highest BCUT2D eigenvalue weighted by molar-refractivity contribution is 6.33. The van der Waals surface area contributed by atoms with E-state index in [9.17, 15) is 9.50 Å². The predicted octanol–water partition coefficient (Wildman–Crippen LogP) is 1.91. The molecule has 1 rings (SSSR count). The van der Waals surface area contributed by atoms with Crippen molar-refractivity contribution in [1.82, 2.24) is 4.98 Å². The van der Waals surface area contributed by atoms with Gasteiger partial charge in [0.25, 0.3) is 0 Å². The predicted molar refractivity (Wildman–Crippen MR) is 52.8 cm³/mol. The fourth-order valence-corrected chi connectivity index (χ4v) is 1.40. The van der Waals surface area contributed by atoms with Crippen molar-refractivity contribution < 1.29 is 9.50 Å². The van der Waals surface area contributed by atoms with Gasteiger partial charge in [0.05, 0.1) is 12.1 Å². The lowest BCUT2D eigenvalue weighted by Gasteiger charge is -2.16. The van der Waals surface area contributed by atoms with Crippen LogP contribution in [0.25, 0.3) is 0 Å². The SMILES string of the molecule is C[C@H](O)[C@@H](N)c1cc(F)c(Cl)nc1Cl. The first kappa shape index (κ1) is 11.7. The molecule has 0 saturated carbocycles. The minimum Gasteiger partial charge on any atom is -0.391 e. The van der Waals surface area contributed by atoms with Crippen LogP contribution in [-0.4, -0.2) is 16.2 Å². The van der Waals surface area contributed by atoms with Crippen molar-refractivity contribution in [3.05, 3.63) is 27.8 Å². The van der Waals surface area contributed by atoms with Crippen molar-refractivity contribution in [3.8, 4) is 0 Å². The summed E-state index contributed by atoms with van der Waals surface area (Å²) >= 11 is 11.1. The van der Waals surface area contributed by atoms with Gasteiger partial charge < -0.3 is 10.8 Å². The number of rotatable bonds is 2. The lowest BCUT2D eigenvalue weighted by atomic mass is 10.1. The van der Waals surface area contributed by atoms with Crippen LogP contribution in [0.1, 0.15) is 18.5 Å². The number of halogens is 3. The maximum absolute atomic E-state index is 13.0. The van der Waals surface area contributed by atoms with E-state index in [0.29, 0.717) is 0 Å². The zero-order valence-electron chi connectivity index (χ0n) is 7.34. The number of aromatic nitrogens is 1. The van der Waals surface area contributed by atoms with E-state index in [1.807, 2.05) is 0 Å². The highest BCUT2D eigenvalue weighted by atomic mass is 35.5. The molecule has 0 unspecified atom stereocenters. The summed E-state index contributed by atoms with van der Waals surface area (Å²) in [6.07, 6.45) is -0.838. The van der Waals surface area contributed by atoms with Gasteiger partial charge in [0, 0.05) is 5.56 Å². The van der Waals surface area contributed by atoms with Gasteiger partial charge in [0.15, 0.2) is 11.0 Å². The van der Waals surface area contributed by atoms with Crippen molar-refractivity contribution in [3.63, 3.8) is 0 Å². The molecule has 14 heavy (non-hydrogen) atoms. The maximum Gasteiger partial charge on any atom is 0.166 e. The minimum atomic E-state index is -0.838. The molecule has 0 aliphatic carbocycles. The Morgan fingerprint density at radius 3 is 2.57 bits per heavy atom. The van der Waals surface area contributed by atoms with Crippen molar-refractivity contribution >= 4 is 23.2 Å². The second kappa shape index (κ2) is 4.40. The molecule has 3 nitrogen and oxygen atoms in total. The van der Waals surface area contributed by atoms with Gasteiger partial charge >= 0.3 is 0 Å². The van der Waals surface area contributed by atoms with Crippen LogP contribution in [-0.2, 0) is 0 Å². The molecule has 0 amide bonds. The first-order chi connectivity index (χ1) is 6.43. The molecule has 1 aromatic rings. The number of pyridine rings is 1. The van der Waals surface area contributed by atoms with Gasteiger partial charge in [-0.15, -0.1) is 0 Å². The zero-order valence-corrected chi connectivity index (χ0v) is 8.85. The van der Waals surface area contributed by atoms with Crippen molar-refractivity contribution in [2.24, 2.45) is 5.73 Å². The normalized spacial score (nSPS) is 15.3. The van der Waals surface area contributed by atoms with Crippen LogP contribution >= 0.6 is 23.2 Å². The summed E-state index contributed by atoms with van der Waals surface area (Å²) in [7, 11) is 0. The Labute approximate surface area is 90.7 Å². The first-order valence-corrected chi connectivity index (χ1v) is 4.64. The van der Waals surface area contributed by atoms with E-state index in [2.05, 4.69) is 4.98 Å². The van der Waals surface area contributed by atoms with Crippen LogP contribution in [0.15, 0.2) is 6.07 Å². The van der Waals surface area contributed by atoms with Gasteiger partial charge in [0.1, 0.15) is 5.15 Å². The lowest BCUT2D eigenvalue weighted by Crippen LogP contribution is -2.24. The summed E-state index contributed by atoms with van der Waals surface area (Å²) < 4.78 is 13.0.